The number of thioether (sulfide) groups is 1. The first-order valence-corrected chi connectivity index (χ1v) is 7.54. The van der Waals surface area contributed by atoms with Crippen LogP contribution in [0, 0.1) is 0 Å². The lowest BCUT2D eigenvalue weighted by Crippen LogP contribution is -2.53. The van der Waals surface area contributed by atoms with Gasteiger partial charge in [0.05, 0.1) is 7.11 Å². The van der Waals surface area contributed by atoms with Crippen molar-refractivity contribution in [1.29, 1.82) is 0 Å². The van der Waals surface area contributed by atoms with Crippen LogP contribution in [0.25, 0.3) is 0 Å². The van der Waals surface area contributed by atoms with Gasteiger partial charge in [0.1, 0.15) is 5.54 Å². The van der Waals surface area contributed by atoms with Crippen LogP contribution in [0.4, 0.5) is 0 Å². The second-order valence-corrected chi connectivity index (χ2v) is 6.06. The van der Waals surface area contributed by atoms with Crippen LogP contribution in [0.3, 0.4) is 0 Å². The van der Waals surface area contributed by atoms with Crippen molar-refractivity contribution in [3.05, 3.63) is 0 Å². The Hall–Kier alpha value is -0.260. The SMILES string of the molecule is COCCCSCCC(C)(NC(C)C)C(=O)OC. The fourth-order valence-corrected chi connectivity index (χ4v) is 2.86. The summed E-state index contributed by atoms with van der Waals surface area (Å²) in [5, 5.41) is 3.30. The quantitative estimate of drug-likeness (QED) is 0.489. The fourth-order valence-electron chi connectivity index (χ4n) is 1.78. The number of methoxy groups -OCH3 is 2. The molecule has 1 unspecified atom stereocenters. The lowest BCUT2D eigenvalue weighted by atomic mass is 9.98. The molecule has 108 valence electrons. The van der Waals surface area contributed by atoms with Gasteiger partial charge in [0.2, 0.25) is 0 Å². The Labute approximate surface area is 115 Å². The van der Waals surface area contributed by atoms with E-state index in [1.54, 1.807) is 7.11 Å². The Kier molecular flexibility index (Phi) is 9.50. The molecule has 0 saturated heterocycles. The molecule has 0 aliphatic heterocycles. The van der Waals surface area contributed by atoms with E-state index in [2.05, 4.69) is 5.32 Å². The number of ether oxygens (including phenoxy) is 2. The maximum absolute atomic E-state index is 11.8. The standard InChI is InChI=1S/C13H27NO3S/c1-11(2)14-13(3,12(15)17-5)7-10-18-9-6-8-16-4/h11,14H,6-10H2,1-5H3. The molecular formula is C13H27NO3S. The first kappa shape index (κ1) is 17.7. The molecule has 0 aromatic carbocycles. The second kappa shape index (κ2) is 9.64. The molecule has 5 heteroatoms. The van der Waals surface area contributed by atoms with Crippen LogP contribution in [0.15, 0.2) is 0 Å². The monoisotopic (exact) mass is 277 g/mol. The summed E-state index contributed by atoms with van der Waals surface area (Å²) < 4.78 is 9.88. The molecule has 0 aromatic heterocycles. The largest absolute Gasteiger partial charge is 0.468 e. The first-order chi connectivity index (χ1) is 8.46. The van der Waals surface area contributed by atoms with E-state index in [9.17, 15) is 4.79 Å². The average Bonchev–Trinajstić information content (AvgIpc) is 2.31. The van der Waals surface area contributed by atoms with Gasteiger partial charge in [0.15, 0.2) is 0 Å². The lowest BCUT2D eigenvalue weighted by molar-refractivity contribution is -0.148. The Morgan fingerprint density at radius 2 is 2.00 bits per heavy atom. The van der Waals surface area contributed by atoms with E-state index in [4.69, 9.17) is 9.47 Å². The van der Waals surface area contributed by atoms with Crippen molar-refractivity contribution in [2.24, 2.45) is 0 Å². The third-order valence-electron chi connectivity index (χ3n) is 2.63. The van der Waals surface area contributed by atoms with E-state index >= 15 is 0 Å². The van der Waals surface area contributed by atoms with Crippen molar-refractivity contribution in [2.75, 3.05) is 32.3 Å². The summed E-state index contributed by atoms with van der Waals surface area (Å²) in [5.41, 5.74) is -0.586. The molecule has 0 aromatic rings. The number of carbonyl (C=O) groups is 1. The molecular weight excluding hydrogens is 250 g/mol. The smallest absolute Gasteiger partial charge is 0.325 e. The van der Waals surface area contributed by atoms with E-state index in [1.165, 1.54) is 7.11 Å². The zero-order valence-corrected chi connectivity index (χ0v) is 13.1. The van der Waals surface area contributed by atoms with Gasteiger partial charge in [0.25, 0.3) is 0 Å². The van der Waals surface area contributed by atoms with Crippen molar-refractivity contribution >= 4 is 17.7 Å². The van der Waals surface area contributed by atoms with Gasteiger partial charge in [-0.15, -0.1) is 0 Å². The van der Waals surface area contributed by atoms with Gasteiger partial charge in [-0.25, -0.2) is 0 Å². The van der Waals surface area contributed by atoms with E-state index in [0.29, 0.717) is 0 Å². The molecule has 0 spiro atoms. The van der Waals surface area contributed by atoms with Crippen molar-refractivity contribution in [2.45, 2.75) is 45.2 Å². The van der Waals surface area contributed by atoms with Crippen LogP contribution in [-0.4, -0.2) is 49.9 Å². The van der Waals surface area contributed by atoms with Crippen LogP contribution < -0.4 is 5.32 Å². The maximum atomic E-state index is 11.8. The molecule has 0 bridgehead atoms. The van der Waals surface area contributed by atoms with Gasteiger partial charge in [-0.2, -0.15) is 11.8 Å². The first-order valence-electron chi connectivity index (χ1n) is 6.39. The Morgan fingerprint density at radius 1 is 1.33 bits per heavy atom. The summed E-state index contributed by atoms with van der Waals surface area (Å²) in [6.07, 6.45) is 1.82. The molecule has 1 N–H and O–H groups in total. The Balaban J connectivity index is 4.05. The van der Waals surface area contributed by atoms with Crippen molar-refractivity contribution in [3.8, 4) is 0 Å². The summed E-state index contributed by atoms with van der Waals surface area (Å²) in [4.78, 5) is 11.8. The van der Waals surface area contributed by atoms with E-state index in [0.717, 1.165) is 31.0 Å². The van der Waals surface area contributed by atoms with Crippen LogP contribution in [0.2, 0.25) is 0 Å². The lowest BCUT2D eigenvalue weighted by Gasteiger charge is -2.30. The molecule has 18 heavy (non-hydrogen) atoms. The zero-order chi connectivity index (χ0) is 14.0. The van der Waals surface area contributed by atoms with E-state index in [-0.39, 0.29) is 12.0 Å². The van der Waals surface area contributed by atoms with Gasteiger partial charge < -0.3 is 9.47 Å². The molecule has 4 nitrogen and oxygen atoms in total. The minimum absolute atomic E-state index is 0.186. The van der Waals surface area contributed by atoms with Gasteiger partial charge in [0, 0.05) is 19.8 Å². The number of esters is 1. The third-order valence-corrected chi connectivity index (χ3v) is 3.70. The van der Waals surface area contributed by atoms with E-state index in [1.807, 2.05) is 32.5 Å². The molecule has 0 saturated carbocycles. The minimum atomic E-state index is -0.586. The van der Waals surface area contributed by atoms with Crippen LogP contribution in [0.1, 0.15) is 33.6 Å². The van der Waals surface area contributed by atoms with Crippen molar-refractivity contribution < 1.29 is 14.3 Å². The minimum Gasteiger partial charge on any atom is -0.468 e. The maximum Gasteiger partial charge on any atom is 0.325 e. The highest BCUT2D eigenvalue weighted by Crippen LogP contribution is 2.17. The van der Waals surface area contributed by atoms with Gasteiger partial charge >= 0.3 is 5.97 Å². The highest BCUT2D eigenvalue weighted by molar-refractivity contribution is 7.99. The number of hydrogen-bond acceptors (Lipinski definition) is 5. The topological polar surface area (TPSA) is 47.6 Å². The number of nitrogens with one attached hydrogen (secondary N) is 1. The number of carbonyl (C=O) groups excluding carboxylic acids is 1. The highest BCUT2D eigenvalue weighted by atomic mass is 32.2. The summed E-state index contributed by atoms with van der Waals surface area (Å²) in [6.45, 7) is 6.78. The molecule has 0 aliphatic rings. The Bertz CT molecular complexity index is 236. The summed E-state index contributed by atoms with van der Waals surface area (Å²) >= 11 is 1.85. The molecule has 1 atom stereocenters. The zero-order valence-electron chi connectivity index (χ0n) is 12.2. The van der Waals surface area contributed by atoms with Crippen LogP contribution in [0.5, 0.6) is 0 Å². The van der Waals surface area contributed by atoms with Gasteiger partial charge in [-0.3, -0.25) is 10.1 Å². The molecule has 0 aliphatic carbocycles. The second-order valence-electron chi connectivity index (χ2n) is 4.83. The number of rotatable bonds is 10. The van der Waals surface area contributed by atoms with Gasteiger partial charge in [-0.1, -0.05) is 0 Å². The number of hydrogen-bond donors (Lipinski definition) is 1. The molecule has 0 rings (SSSR count). The highest BCUT2D eigenvalue weighted by Gasteiger charge is 2.34. The van der Waals surface area contributed by atoms with Crippen LogP contribution in [-0.2, 0) is 14.3 Å². The normalized spacial score (nSPS) is 14.6. The summed E-state index contributed by atoms with van der Waals surface area (Å²) in [5.74, 6) is 1.82. The van der Waals surface area contributed by atoms with Crippen LogP contribution >= 0.6 is 11.8 Å². The molecule has 0 heterocycles. The fraction of sp³-hybridized carbons (Fsp3) is 0.923. The predicted octanol–water partition coefficient (Wildman–Crippen LogP) is 2.08. The third kappa shape index (κ3) is 7.24. The molecule has 0 amide bonds. The van der Waals surface area contributed by atoms with Gasteiger partial charge in [-0.05, 0) is 45.1 Å². The predicted molar refractivity (Wildman–Crippen MR) is 77.1 cm³/mol. The average molecular weight is 277 g/mol. The van der Waals surface area contributed by atoms with Crippen molar-refractivity contribution in [1.82, 2.24) is 5.32 Å². The summed E-state index contributed by atoms with van der Waals surface area (Å²) in [6, 6.07) is 0.257. The molecule has 0 fully saturated rings. The Morgan fingerprint density at radius 3 is 2.50 bits per heavy atom. The van der Waals surface area contributed by atoms with Crippen molar-refractivity contribution in [3.63, 3.8) is 0 Å². The van der Waals surface area contributed by atoms with E-state index < -0.39 is 5.54 Å². The molecule has 0 radical (unpaired) electrons. The summed E-state index contributed by atoms with van der Waals surface area (Å²) in [7, 11) is 3.15.